The van der Waals surface area contributed by atoms with Crippen LogP contribution in [-0.2, 0) is 9.53 Å². The summed E-state index contributed by atoms with van der Waals surface area (Å²) in [6.45, 7) is 4.30. The molecule has 10 nitrogen and oxygen atoms in total. The first-order valence-corrected chi connectivity index (χ1v) is 10.3. The van der Waals surface area contributed by atoms with Crippen LogP contribution >= 0.6 is 0 Å². The van der Waals surface area contributed by atoms with Crippen molar-refractivity contribution in [1.29, 1.82) is 0 Å². The third kappa shape index (κ3) is 4.53. The van der Waals surface area contributed by atoms with E-state index in [9.17, 15) is 14.0 Å². The first-order valence-electron chi connectivity index (χ1n) is 10.3. The van der Waals surface area contributed by atoms with Crippen molar-refractivity contribution in [3.8, 4) is 17.3 Å². The minimum absolute atomic E-state index is 0.120. The summed E-state index contributed by atoms with van der Waals surface area (Å²) in [6.07, 6.45) is 1.61. The molecule has 1 aliphatic rings. The van der Waals surface area contributed by atoms with Crippen LogP contribution in [0.4, 0.5) is 15.9 Å². The number of methoxy groups -OCH3 is 1. The Bertz CT molecular complexity index is 1200. The van der Waals surface area contributed by atoms with E-state index in [-0.39, 0.29) is 54.5 Å². The zero-order valence-corrected chi connectivity index (χ0v) is 18.4. The van der Waals surface area contributed by atoms with Gasteiger partial charge in [-0.1, -0.05) is 6.07 Å². The van der Waals surface area contributed by atoms with Gasteiger partial charge >= 0.3 is 0 Å². The predicted molar refractivity (Wildman–Crippen MR) is 118 cm³/mol. The molecule has 3 aromatic rings. The zero-order chi connectivity index (χ0) is 23.5. The second kappa shape index (κ2) is 9.33. The van der Waals surface area contributed by atoms with Gasteiger partial charge in [-0.3, -0.25) is 9.59 Å². The van der Waals surface area contributed by atoms with E-state index in [0.29, 0.717) is 11.5 Å². The number of fused-ring (bicyclic) bond motifs is 1. The highest BCUT2D eigenvalue weighted by Crippen LogP contribution is 2.34. The highest BCUT2D eigenvalue weighted by molar-refractivity contribution is 6.06. The van der Waals surface area contributed by atoms with Crippen LogP contribution in [0.3, 0.4) is 0 Å². The molecular weight excluding hydrogens is 431 g/mol. The van der Waals surface area contributed by atoms with Crippen LogP contribution in [0, 0.1) is 5.82 Å². The number of nitrogens with zero attached hydrogens (tertiary/aromatic N) is 5. The molecule has 33 heavy (non-hydrogen) atoms. The van der Waals surface area contributed by atoms with Crippen molar-refractivity contribution in [2.24, 2.45) is 0 Å². The van der Waals surface area contributed by atoms with Gasteiger partial charge in [-0.15, -0.1) is 10.2 Å². The third-order valence-electron chi connectivity index (χ3n) is 5.10. The Kier molecular flexibility index (Phi) is 6.31. The van der Waals surface area contributed by atoms with Crippen molar-refractivity contribution in [1.82, 2.24) is 19.7 Å². The molecular formula is C22H23FN6O4. The Balaban J connectivity index is 1.59. The van der Waals surface area contributed by atoms with Crippen molar-refractivity contribution in [3.05, 3.63) is 48.0 Å². The summed E-state index contributed by atoms with van der Waals surface area (Å²) in [5, 5.41) is 10.6. The second-order valence-electron chi connectivity index (χ2n) is 7.64. The Morgan fingerprint density at radius 1 is 1.33 bits per heavy atom. The molecule has 11 heteroatoms. The number of benzene rings is 1. The summed E-state index contributed by atoms with van der Waals surface area (Å²) >= 11 is 0. The Morgan fingerprint density at radius 2 is 2.15 bits per heavy atom. The number of anilines is 2. The number of hydrogen-bond acceptors (Lipinski definition) is 7. The summed E-state index contributed by atoms with van der Waals surface area (Å²) in [5.74, 6) is -0.784. The maximum absolute atomic E-state index is 14.9. The standard InChI is InChI=1S/C22H23FN6O4/c1-13(2)29-12-24-27-21(29)16-5-4-6-19(25-16)26-22(31)14-9-18-17(10-15(14)23)28(7-8-32-3)20(30)11-33-18/h4-6,9-10,12-13H,7-8,11H2,1-3H3,(H,25,26,31). The van der Waals surface area contributed by atoms with Crippen LogP contribution in [0.5, 0.6) is 5.75 Å². The summed E-state index contributed by atoms with van der Waals surface area (Å²) < 4.78 is 27.2. The SMILES string of the molecule is COCCN1C(=O)COc2cc(C(=O)Nc3cccc(-c4nncn4C(C)C)n3)c(F)cc21. The second-order valence-corrected chi connectivity index (χ2v) is 7.64. The molecule has 1 N–H and O–H groups in total. The van der Waals surface area contributed by atoms with Gasteiger partial charge in [0.2, 0.25) is 0 Å². The molecule has 2 aromatic heterocycles. The maximum Gasteiger partial charge on any atom is 0.265 e. The fourth-order valence-electron chi connectivity index (χ4n) is 3.44. The largest absolute Gasteiger partial charge is 0.482 e. The fourth-order valence-corrected chi connectivity index (χ4v) is 3.44. The lowest BCUT2D eigenvalue weighted by Crippen LogP contribution is -2.41. The Labute approximate surface area is 189 Å². The fraction of sp³-hybridized carbons (Fsp3) is 0.318. The van der Waals surface area contributed by atoms with E-state index in [1.165, 1.54) is 18.1 Å². The minimum atomic E-state index is -0.789. The average molecular weight is 454 g/mol. The van der Waals surface area contributed by atoms with E-state index < -0.39 is 11.7 Å². The first kappa shape index (κ1) is 22.3. The molecule has 0 radical (unpaired) electrons. The van der Waals surface area contributed by atoms with Crippen LogP contribution in [0.1, 0.15) is 30.2 Å². The van der Waals surface area contributed by atoms with Gasteiger partial charge in [0.05, 0.1) is 17.9 Å². The predicted octanol–water partition coefficient (Wildman–Crippen LogP) is 2.68. The van der Waals surface area contributed by atoms with E-state index in [4.69, 9.17) is 9.47 Å². The van der Waals surface area contributed by atoms with Crippen LogP contribution in [0.25, 0.3) is 11.5 Å². The van der Waals surface area contributed by atoms with Crippen LogP contribution < -0.4 is 15.0 Å². The number of carbonyl (C=O) groups excluding carboxylic acids is 2. The van der Waals surface area contributed by atoms with E-state index >= 15 is 0 Å². The van der Waals surface area contributed by atoms with Gasteiger partial charge in [0, 0.05) is 25.8 Å². The third-order valence-corrected chi connectivity index (χ3v) is 5.10. The lowest BCUT2D eigenvalue weighted by Gasteiger charge is -2.29. The Hall–Kier alpha value is -3.86. The number of pyridine rings is 1. The first-order chi connectivity index (χ1) is 15.9. The van der Waals surface area contributed by atoms with Gasteiger partial charge in [0.25, 0.3) is 11.8 Å². The van der Waals surface area contributed by atoms with Crippen molar-refractivity contribution in [3.63, 3.8) is 0 Å². The average Bonchev–Trinajstić information content (AvgIpc) is 3.29. The van der Waals surface area contributed by atoms with E-state index in [1.54, 1.807) is 24.5 Å². The number of halogens is 1. The monoisotopic (exact) mass is 454 g/mol. The van der Waals surface area contributed by atoms with E-state index in [2.05, 4.69) is 20.5 Å². The van der Waals surface area contributed by atoms with Gasteiger partial charge in [-0.25, -0.2) is 9.37 Å². The molecule has 0 fully saturated rings. The topological polar surface area (TPSA) is 111 Å². The molecule has 1 aliphatic heterocycles. The number of nitrogens with one attached hydrogen (secondary N) is 1. The van der Waals surface area contributed by atoms with Gasteiger partial charge < -0.3 is 24.3 Å². The van der Waals surface area contributed by atoms with Crippen molar-refractivity contribution in [2.75, 3.05) is 37.1 Å². The lowest BCUT2D eigenvalue weighted by molar-refractivity contribution is -0.121. The quantitative estimate of drug-likeness (QED) is 0.584. The van der Waals surface area contributed by atoms with Gasteiger partial charge in [-0.2, -0.15) is 0 Å². The molecule has 0 atom stereocenters. The summed E-state index contributed by atoms with van der Waals surface area (Å²) in [4.78, 5) is 30.8. The molecule has 0 bridgehead atoms. The van der Waals surface area contributed by atoms with E-state index in [1.807, 2.05) is 18.4 Å². The van der Waals surface area contributed by atoms with Gasteiger partial charge in [0.15, 0.2) is 12.4 Å². The van der Waals surface area contributed by atoms with E-state index in [0.717, 1.165) is 6.07 Å². The summed E-state index contributed by atoms with van der Waals surface area (Å²) in [5.41, 5.74) is 0.540. The van der Waals surface area contributed by atoms with Gasteiger partial charge in [-0.05, 0) is 32.0 Å². The normalized spacial score (nSPS) is 13.1. The molecule has 0 aliphatic carbocycles. The number of hydrogen-bond donors (Lipinski definition) is 1. The highest BCUT2D eigenvalue weighted by atomic mass is 19.1. The maximum atomic E-state index is 14.9. The summed E-state index contributed by atoms with van der Waals surface area (Å²) in [7, 11) is 1.51. The smallest absolute Gasteiger partial charge is 0.265 e. The van der Waals surface area contributed by atoms with Crippen LogP contribution in [0.2, 0.25) is 0 Å². The minimum Gasteiger partial charge on any atom is -0.482 e. The van der Waals surface area contributed by atoms with Crippen molar-refractivity contribution in [2.45, 2.75) is 19.9 Å². The molecule has 0 unspecified atom stereocenters. The number of ether oxygens (including phenoxy) is 2. The highest BCUT2D eigenvalue weighted by Gasteiger charge is 2.28. The molecule has 1 aromatic carbocycles. The molecule has 3 heterocycles. The Morgan fingerprint density at radius 3 is 2.91 bits per heavy atom. The van der Waals surface area contributed by atoms with Gasteiger partial charge in [0.1, 0.15) is 29.4 Å². The van der Waals surface area contributed by atoms with Crippen LogP contribution in [-0.4, -0.2) is 58.4 Å². The summed E-state index contributed by atoms with van der Waals surface area (Å²) in [6, 6.07) is 7.57. The number of carbonyl (C=O) groups is 2. The molecule has 172 valence electrons. The number of rotatable bonds is 7. The zero-order valence-electron chi connectivity index (χ0n) is 18.4. The molecule has 0 spiro atoms. The van der Waals surface area contributed by atoms with Crippen LogP contribution in [0.15, 0.2) is 36.7 Å². The number of amides is 2. The van der Waals surface area contributed by atoms with Crippen molar-refractivity contribution >= 4 is 23.3 Å². The molecule has 0 saturated heterocycles. The lowest BCUT2D eigenvalue weighted by atomic mass is 10.1. The molecule has 4 rings (SSSR count). The molecule has 0 saturated carbocycles. The number of aromatic nitrogens is 4. The van der Waals surface area contributed by atoms with Crippen molar-refractivity contribution < 1.29 is 23.5 Å². The molecule has 2 amide bonds.